The van der Waals surface area contributed by atoms with Gasteiger partial charge in [-0.25, -0.2) is 8.42 Å². The van der Waals surface area contributed by atoms with Crippen LogP contribution in [0.2, 0.25) is 0 Å². The highest BCUT2D eigenvalue weighted by Gasteiger charge is 2.47. The van der Waals surface area contributed by atoms with Gasteiger partial charge < -0.3 is 10.2 Å². The maximum absolute atomic E-state index is 13.5. The van der Waals surface area contributed by atoms with E-state index in [-0.39, 0.29) is 35.6 Å². The molecule has 1 aliphatic rings. The number of nitrogens with one attached hydrogen (secondary N) is 1. The van der Waals surface area contributed by atoms with E-state index in [1.165, 1.54) is 12.1 Å². The van der Waals surface area contributed by atoms with Crippen LogP contribution in [0.3, 0.4) is 0 Å². The zero-order valence-electron chi connectivity index (χ0n) is 24.3. The number of likely N-dealkylation sites (tertiary alicyclic amines) is 1. The van der Waals surface area contributed by atoms with Gasteiger partial charge >= 0.3 is 0 Å². The molecule has 4 rings (SSSR count). The molecule has 0 spiro atoms. The topological polar surface area (TPSA) is 107 Å². The fraction of sp³-hybridized carbons (Fsp3) is 0.382. The van der Waals surface area contributed by atoms with Crippen molar-refractivity contribution in [3.8, 4) is 6.07 Å². The minimum atomic E-state index is -3.92. The molecule has 220 valence electrons. The predicted octanol–water partition coefficient (Wildman–Crippen LogP) is 5.84. The highest BCUT2D eigenvalue weighted by Crippen LogP contribution is 2.37. The van der Waals surface area contributed by atoms with Gasteiger partial charge in [0, 0.05) is 13.0 Å². The van der Waals surface area contributed by atoms with E-state index in [1.54, 1.807) is 36.9 Å². The monoisotopic (exact) mass is 585 g/mol. The Hall–Kier alpha value is -3.96. The van der Waals surface area contributed by atoms with Crippen molar-refractivity contribution in [2.75, 3.05) is 6.54 Å². The van der Waals surface area contributed by atoms with Gasteiger partial charge in [-0.15, -0.1) is 0 Å². The first-order valence-corrected chi connectivity index (χ1v) is 16.1. The lowest BCUT2D eigenvalue weighted by Crippen LogP contribution is -2.47. The molecule has 42 heavy (non-hydrogen) atoms. The molecule has 1 unspecified atom stereocenters. The molecule has 2 atom stereocenters. The first kappa shape index (κ1) is 31.0. The summed E-state index contributed by atoms with van der Waals surface area (Å²) in [4.78, 5) is 28.6. The van der Waals surface area contributed by atoms with Crippen LogP contribution in [-0.2, 0) is 19.4 Å². The molecule has 7 nitrogen and oxygen atoms in total. The van der Waals surface area contributed by atoms with Crippen molar-refractivity contribution in [2.24, 2.45) is 5.92 Å². The third-order valence-electron chi connectivity index (χ3n) is 8.27. The number of sulfone groups is 1. The summed E-state index contributed by atoms with van der Waals surface area (Å²) >= 11 is 0. The third kappa shape index (κ3) is 6.57. The van der Waals surface area contributed by atoms with E-state index >= 15 is 0 Å². The number of unbranched alkanes of at least 4 members (excludes halogenated alkanes) is 1. The number of nitriles is 1. The Bertz CT molecular complexity index is 1450. The number of hydrogen-bond acceptors (Lipinski definition) is 5. The maximum atomic E-state index is 13.5. The van der Waals surface area contributed by atoms with Crippen molar-refractivity contribution in [2.45, 2.75) is 74.1 Å². The number of carbonyl (C=O) groups excluding carboxylic acids is 2. The summed E-state index contributed by atoms with van der Waals surface area (Å²) in [5.74, 6) is -0.741. The van der Waals surface area contributed by atoms with Crippen LogP contribution in [0.5, 0.6) is 0 Å². The van der Waals surface area contributed by atoms with Crippen LogP contribution in [0, 0.1) is 17.2 Å². The quantitative estimate of drug-likeness (QED) is 0.269. The second-order valence-corrected chi connectivity index (χ2v) is 13.4. The van der Waals surface area contributed by atoms with Gasteiger partial charge in [-0.05, 0) is 54.9 Å². The maximum Gasteiger partial charge on any atom is 0.243 e. The molecule has 1 N–H and O–H groups in total. The first-order valence-electron chi connectivity index (χ1n) is 14.6. The second kappa shape index (κ2) is 13.8. The molecule has 0 radical (unpaired) electrons. The van der Waals surface area contributed by atoms with Crippen LogP contribution in [0.15, 0.2) is 95.9 Å². The van der Waals surface area contributed by atoms with Gasteiger partial charge in [0.25, 0.3) is 0 Å². The molecule has 8 heteroatoms. The number of nitrogens with zero attached hydrogens (tertiary/aromatic N) is 2. The van der Waals surface area contributed by atoms with Crippen LogP contribution in [0.25, 0.3) is 0 Å². The van der Waals surface area contributed by atoms with Gasteiger partial charge in [0.1, 0.15) is 6.04 Å². The molecule has 0 aliphatic carbocycles. The second-order valence-electron chi connectivity index (χ2n) is 11.2. The highest BCUT2D eigenvalue weighted by molar-refractivity contribution is 7.93. The van der Waals surface area contributed by atoms with Crippen molar-refractivity contribution in [1.82, 2.24) is 10.2 Å². The number of amides is 2. The lowest BCUT2D eigenvalue weighted by Gasteiger charge is -2.30. The summed E-state index contributed by atoms with van der Waals surface area (Å²) in [7, 11) is -3.92. The molecule has 1 saturated heterocycles. The smallest absolute Gasteiger partial charge is 0.243 e. The Morgan fingerprint density at radius 2 is 1.48 bits per heavy atom. The highest BCUT2D eigenvalue weighted by atomic mass is 32.2. The summed E-state index contributed by atoms with van der Waals surface area (Å²) < 4.78 is 25.5. The lowest BCUT2D eigenvalue weighted by molar-refractivity contribution is -0.138. The minimum absolute atomic E-state index is 0.123. The number of rotatable bonds is 12. The van der Waals surface area contributed by atoms with Crippen LogP contribution in [0.4, 0.5) is 0 Å². The van der Waals surface area contributed by atoms with E-state index in [4.69, 9.17) is 0 Å². The van der Waals surface area contributed by atoms with Crippen LogP contribution in [-0.4, -0.2) is 42.5 Å². The minimum Gasteiger partial charge on any atom is -0.343 e. The van der Waals surface area contributed by atoms with E-state index in [2.05, 4.69) is 11.4 Å². The molecule has 1 fully saturated rings. The van der Waals surface area contributed by atoms with Crippen molar-refractivity contribution in [3.63, 3.8) is 0 Å². The van der Waals surface area contributed by atoms with Crippen molar-refractivity contribution < 1.29 is 18.0 Å². The number of hydrogen-bond donors (Lipinski definition) is 1. The van der Waals surface area contributed by atoms with Crippen molar-refractivity contribution in [3.05, 3.63) is 102 Å². The number of benzene rings is 3. The van der Waals surface area contributed by atoms with Crippen LogP contribution < -0.4 is 5.32 Å². The zero-order valence-corrected chi connectivity index (χ0v) is 25.1. The Morgan fingerprint density at radius 1 is 0.929 bits per heavy atom. The Kier molecular flexibility index (Phi) is 10.2. The SMILES string of the molecule is CC(C)C(C#N)(CCCCC(=O)N1CCC[C@H]1C(=O)NC(c1ccccc1)c1ccccc1)S(=O)(=O)c1ccccc1. The van der Waals surface area contributed by atoms with E-state index in [1.807, 2.05) is 60.7 Å². The molecular weight excluding hydrogens is 546 g/mol. The fourth-order valence-corrected chi connectivity index (χ4v) is 7.91. The summed E-state index contributed by atoms with van der Waals surface area (Å²) in [6.07, 6.45) is 2.49. The Morgan fingerprint density at radius 3 is 2.00 bits per heavy atom. The van der Waals surface area contributed by atoms with E-state index in [0.29, 0.717) is 25.8 Å². The summed E-state index contributed by atoms with van der Waals surface area (Å²) in [6, 6.07) is 28.9. The zero-order chi connectivity index (χ0) is 30.2. The van der Waals surface area contributed by atoms with Crippen LogP contribution in [0.1, 0.15) is 69.5 Å². The molecule has 0 saturated carbocycles. The normalized spacial score (nSPS) is 16.6. The Labute approximate surface area is 249 Å². The van der Waals surface area contributed by atoms with Gasteiger partial charge in [-0.3, -0.25) is 9.59 Å². The molecular formula is C34H39N3O4S. The van der Waals surface area contributed by atoms with E-state index < -0.39 is 26.5 Å². The molecule has 3 aromatic rings. The van der Waals surface area contributed by atoms with Gasteiger partial charge in [0.2, 0.25) is 11.8 Å². The predicted molar refractivity (Wildman–Crippen MR) is 163 cm³/mol. The fourth-order valence-electron chi connectivity index (χ4n) is 5.82. The number of carbonyl (C=O) groups is 2. The van der Waals surface area contributed by atoms with Crippen molar-refractivity contribution in [1.29, 1.82) is 5.26 Å². The van der Waals surface area contributed by atoms with Crippen LogP contribution >= 0.6 is 0 Å². The summed E-state index contributed by atoms with van der Waals surface area (Å²) in [6.45, 7) is 4.01. The molecule has 0 aromatic heterocycles. The van der Waals surface area contributed by atoms with Gasteiger partial charge in [0.05, 0.1) is 17.0 Å². The third-order valence-corrected chi connectivity index (χ3v) is 10.9. The first-order chi connectivity index (χ1) is 20.2. The largest absolute Gasteiger partial charge is 0.343 e. The Balaban J connectivity index is 1.40. The van der Waals surface area contributed by atoms with Crippen molar-refractivity contribution >= 4 is 21.7 Å². The molecule has 2 amide bonds. The van der Waals surface area contributed by atoms with Gasteiger partial charge in [-0.2, -0.15) is 5.26 Å². The average molecular weight is 586 g/mol. The molecule has 0 bridgehead atoms. The molecule has 3 aromatic carbocycles. The standard InChI is InChI=1S/C34H39N3O4S/c1-26(2)34(25-35,42(40,41)29-19-10-5-11-20-29)23-13-12-22-31(38)37-24-14-21-30(37)33(39)36-32(27-15-6-3-7-16-27)28-17-8-4-9-18-28/h3-11,15-20,26,30,32H,12-14,21-24H2,1-2H3,(H,36,39)/t30-,34?/m0/s1. The van der Waals surface area contributed by atoms with E-state index in [0.717, 1.165) is 17.5 Å². The average Bonchev–Trinajstić information content (AvgIpc) is 3.51. The van der Waals surface area contributed by atoms with E-state index in [9.17, 15) is 23.3 Å². The summed E-state index contributed by atoms with van der Waals surface area (Å²) in [5, 5.41) is 13.3. The van der Waals surface area contributed by atoms with Gasteiger partial charge in [-0.1, -0.05) is 99.1 Å². The van der Waals surface area contributed by atoms with Gasteiger partial charge in [0.15, 0.2) is 14.6 Å². The molecule has 1 heterocycles. The summed E-state index contributed by atoms with van der Waals surface area (Å²) in [5.41, 5.74) is 1.93. The lowest BCUT2D eigenvalue weighted by atomic mass is 9.90. The molecule has 1 aliphatic heterocycles.